The Morgan fingerprint density at radius 2 is 1.32 bits per heavy atom. The first-order valence-corrected chi connectivity index (χ1v) is 9.71. The van der Waals surface area contributed by atoms with Crippen molar-refractivity contribution in [2.45, 2.75) is 58.8 Å². The molecular formula is C19H33N3O6. The van der Waals surface area contributed by atoms with Gasteiger partial charge in [0.2, 0.25) is 5.91 Å². The molecule has 2 aliphatic rings. The molecule has 1 unspecified atom stereocenters. The smallest absolute Gasteiger partial charge is 0.411 e. The SMILES string of the molecule is CC(C)(C)OC(=O)N1CCN(C(=O)OC(C)(C)C)C(C(=O)N2CCOCC2)C1. The minimum Gasteiger partial charge on any atom is -0.444 e. The lowest BCUT2D eigenvalue weighted by atomic mass is 10.1. The number of carbonyl (C=O) groups is 3. The summed E-state index contributed by atoms with van der Waals surface area (Å²) in [5.74, 6) is -0.206. The summed E-state index contributed by atoms with van der Waals surface area (Å²) in [4.78, 5) is 42.9. The number of amides is 3. The molecule has 2 aliphatic heterocycles. The first-order valence-electron chi connectivity index (χ1n) is 9.71. The van der Waals surface area contributed by atoms with Crippen LogP contribution in [0.25, 0.3) is 0 Å². The van der Waals surface area contributed by atoms with E-state index in [1.165, 1.54) is 9.80 Å². The number of hydrogen-bond donors (Lipinski definition) is 0. The molecule has 9 nitrogen and oxygen atoms in total. The lowest BCUT2D eigenvalue weighted by molar-refractivity contribution is -0.143. The summed E-state index contributed by atoms with van der Waals surface area (Å²) < 4.78 is 16.2. The van der Waals surface area contributed by atoms with Gasteiger partial charge in [-0.05, 0) is 41.5 Å². The number of piperazine rings is 1. The maximum Gasteiger partial charge on any atom is 0.411 e. The average Bonchev–Trinajstić information content (AvgIpc) is 2.58. The molecule has 28 heavy (non-hydrogen) atoms. The topological polar surface area (TPSA) is 88.6 Å². The van der Waals surface area contributed by atoms with Crippen LogP contribution in [0.2, 0.25) is 0 Å². The number of nitrogens with zero attached hydrogens (tertiary/aromatic N) is 3. The summed E-state index contributed by atoms with van der Waals surface area (Å²) in [7, 11) is 0. The largest absolute Gasteiger partial charge is 0.444 e. The van der Waals surface area contributed by atoms with E-state index in [1.54, 1.807) is 46.4 Å². The summed E-state index contributed by atoms with van der Waals surface area (Å²) in [6.45, 7) is 13.1. The molecule has 0 aromatic carbocycles. The maximum absolute atomic E-state index is 13.1. The van der Waals surface area contributed by atoms with Gasteiger partial charge in [0.05, 0.1) is 19.8 Å². The Morgan fingerprint density at radius 1 is 0.786 bits per heavy atom. The molecule has 0 aromatic heterocycles. The third-order valence-corrected chi connectivity index (χ3v) is 4.27. The molecule has 2 rings (SSSR count). The Balaban J connectivity index is 2.17. The fraction of sp³-hybridized carbons (Fsp3) is 0.842. The van der Waals surface area contributed by atoms with Gasteiger partial charge in [0.1, 0.15) is 17.2 Å². The van der Waals surface area contributed by atoms with E-state index in [0.717, 1.165) is 0 Å². The van der Waals surface area contributed by atoms with E-state index in [9.17, 15) is 14.4 Å². The van der Waals surface area contributed by atoms with Gasteiger partial charge in [-0.2, -0.15) is 0 Å². The molecule has 0 aromatic rings. The van der Waals surface area contributed by atoms with Crippen molar-refractivity contribution in [3.8, 4) is 0 Å². The molecule has 160 valence electrons. The Labute approximate surface area is 166 Å². The van der Waals surface area contributed by atoms with Gasteiger partial charge in [-0.15, -0.1) is 0 Å². The molecule has 1 atom stereocenters. The van der Waals surface area contributed by atoms with E-state index in [1.807, 2.05) is 0 Å². The first-order chi connectivity index (χ1) is 12.9. The van der Waals surface area contributed by atoms with Crippen LogP contribution in [-0.4, -0.2) is 96.0 Å². The normalized spacial score (nSPS) is 21.4. The van der Waals surface area contributed by atoms with E-state index in [0.29, 0.717) is 26.3 Å². The van der Waals surface area contributed by atoms with Crippen LogP contribution in [0.4, 0.5) is 9.59 Å². The number of carbonyl (C=O) groups excluding carboxylic acids is 3. The van der Waals surface area contributed by atoms with Crippen LogP contribution in [0.3, 0.4) is 0 Å². The highest BCUT2D eigenvalue weighted by molar-refractivity contribution is 5.87. The van der Waals surface area contributed by atoms with Gasteiger partial charge in [-0.1, -0.05) is 0 Å². The van der Waals surface area contributed by atoms with Crippen molar-refractivity contribution in [3.05, 3.63) is 0 Å². The van der Waals surface area contributed by atoms with Crippen LogP contribution < -0.4 is 0 Å². The van der Waals surface area contributed by atoms with Gasteiger partial charge in [0.15, 0.2) is 0 Å². The predicted molar refractivity (Wildman–Crippen MR) is 102 cm³/mol. The fourth-order valence-corrected chi connectivity index (χ4v) is 3.02. The van der Waals surface area contributed by atoms with Gasteiger partial charge in [-0.3, -0.25) is 9.69 Å². The Hall–Kier alpha value is -2.03. The number of ether oxygens (including phenoxy) is 3. The standard InChI is InChI=1S/C19H33N3O6/c1-18(2,3)27-16(24)21-7-8-22(17(25)28-19(4,5)6)14(13-21)15(23)20-9-11-26-12-10-20/h14H,7-13H2,1-6H3. The van der Waals surface area contributed by atoms with Crippen molar-refractivity contribution >= 4 is 18.1 Å². The third-order valence-electron chi connectivity index (χ3n) is 4.27. The Bertz CT molecular complexity index is 589. The van der Waals surface area contributed by atoms with Crippen molar-refractivity contribution in [1.29, 1.82) is 0 Å². The summed E-state index contributed by atoms with van der Waals surface area (Å²) in [5.41, 5.74) is -1.31. The molecule has 0 bridgehead atoms. The van der Waals surface area contributed by atoms with Crippen LogP contribution in [0.15, 0.2) is 0 Å². The van der Waals surface area contributed by atoms with Gasteiger partial charge < -0.3 is 24.0 Å². The van der Waals surface area contributed by atoms with Gasteiger partial charge in [0, 0.05) is 26.2 Å². The van der Waals surface area contributed by atoms with Crippen LogP contribution in [0.5, 0.6) is 0 Å². The number of hydrogen-bond acceptors (Lipinski definition) is 6. The molecular weight excluding hydrogens is 366 g/mol. The molecule has 0 saturated carbocycles. The monoisotopic (exact) mass is 399 g/mol. The van der Waals surface area contributed by atoms with E-state index in [2.05, 4.69) is 0 Å². The molecule has 0 aliphatic carbocycles. The van der Waals surface area contributed by atoms with Crippen LogP contribution >= 0.6 is 0 Å². The van der Waals surface area contributed by atoms with Crippen molar-refractivity contribution in [2.24, 2.45) is 0 Å². The minimum absolute atomic E-state index is 0.0738. The molecule has 0 N–H and O–H groups in total. The first kappa shape index (κ1) is 22.3. The molecule has 3 amide bonds. The molecule has 0 spiro atoms. The second-order valence-electron chi connectivity index (χ2n) is 9.05. The lowest BCUT2D eigenvalue weighted by Crippen LogP contribution is -2.63. The van der Waals surface area contributed by atoms with Gasteiger partial charge in [-0.25, -0.2) is 9.59 Å². The lowest BCUT2D eigenvalue weighted by Gasteiger charge is -2.43. The second-order valence-corrected chi connectivity index (χ2v) is 9.05. The van der Waals surface area contributed by atoms with E-state index in [-0.39, 0.29) is 25.5 Å². The average molecular weight is 399 g/mol. The quantitative estimate of drug-likeness (QED) is 0.667. The highest BCUT2D eigenvalue weighted by atomic mass is 16.6. The molecule has 0 radical (unpaired) electrons. The molecule has 9 heteroatoms. The summed E-state index contributed by atoms with van der Waals surface area (Å²) >= 11 is 0. The fourth-order valence-electron chi connectivity index (χ4n) is 3.02. The molecule has 2 fully saturated rings. The van der Waals surface area contributed by atoms with Crippen LogP contribution in [-0.2, 0) is 19.0 Å². The van der Waals surface area contributed by atoms with E-state index < -0.39 is 29.4 Å². The van der Waals surface area contributed by atoms with Crippen LogP contribution in [0.1, 0.15) is 41.5 Å². The minimum atomic E-state index is -0.811. The van der Waals surface area contributed by atoms with Crippen molar-refractivity contribution in [3.63, 3.8) is 0 Å². The maximum atomic E-state index is 13.1. The second kappa shape index (κ2) is 8.55. The Morgan fingerprint density at radius 3 is 1.86 bits per heavy atom. The highest BCUT2D eigenvalue weighted by Gasteiger charge is 2.41. The van der Waals surface area contributed by atoms with Gasteiger partial charge >= 0.3 is 12.2 Å². The predicted octanol–water partition coefficient (Wildman–Crippen LogP) is 1.70. The third kappa shape index (κ3) is 6.25. The van der Waals surface area contributed by atoms with Crippen LogP contribution in [0, 0.1) is 0 Å². The zero-order valence-electron chi connectivity index (χ0n) is 17.8. The summed E-state index contributed by atoms with van der Waals surface area (Å²) in [6, 6.07) is -0.811. The van der Waals surface area contributed by atoms with Crippen molar-refractivity contribution < 1.29 is 28.6 Å². The zero-order chi connectivity index (χ0) is 21.1. The summed E-state index contributed by atoms with van der Waals surface area (Å²) in [5, 5.41) is 0. The zero-order valence-corrected chi connectivity index (χ0v) is 17.8. The van der Waals surface area contributed by atoms with E-state index >= 15 is 0 Å². The number of rotatable bonds is 1. The van der Waals surface area contributed by atoms with Crippen molar-refractivity contribution in [1.82, 2.24) is 14.7 Å². The molecule has 2 saturated heterocycles. The Kier molecular flexibility index (Phi) is 6.80. The molecule has 2 heterocycles. The van der Waals surface area contributed by atoms with E-state index in [4.69, 9.17) is 14.2 Å². The van der Waals surface area contributed by atoms with Gasteiger partial charge in [0.25, 0.3) is 0 Å². The van der Waals surface area contributed by atoms with Crippen molar-refractivity contribution in [2.75, 3.05) is 45.9 Å². The summed E-state index contributed by atoms with van der Waals surface area (Å²) in [6.07, 6.45) is -1.04. The number of morpholine rings is 1. The highest BCUT2D eigenvalue weighted by Crippen LogP contribution is 2.20.